The second kappa shape index (κ2) is 9.52. The van der Waals surface area contributed by atoms with Crippen molar-refractivity contribution in [3.63, 3.8) is 0 Å². The predicted octanol–water partition coefficient (Wildman–Crippen LogP) is -2.14. The Hall–Kier alpha value is -0.150. The molecule has 0 spiro atoms. The van der Waals surface area contributed by atoms with Gasteiger partial charge in [-0.15, -0.1) is 0 Å². The van der Waals surface area contributed by atoms with Crippen LogP contribution in [-0.4, -0.2) is 14.7 Å². The minimum atomic E-state index is -0.909. The van der Waals surface area contributed by atoms with Crippen LogP contribution >= 0.6 is 0 Å². The fraction of sp³-hybridized carbons (Fsp3) is 0.389. The number of carbonyl (C=O) groups excluding carboxylic acids is 1. The van der Waals surface area contributed by atoms with Crippen LogP contribution in [0.4, 0.5) is 0 Å². The molecule has 1 N–H and O–H groups in total. The number of hydrogen-bond donors (Lipinski definition) is 1. The van der Waals surface area contributed by atoms with Crippen LogP contribution in [0, 0.1) is 27.7 Å². The number of halogens is 2. The largest absolute Gasteiger partial charge is 1.00 e. The summed E-state index contributed by atoms with van der Waals surface area (Å²) < 4.78 is 2.92. The van der Waals surface area contributed by atoms with E-state index in [4.69, 9.17) is 0 Å². The van der Waals surface area contributed by atoms with Crippen LogP contribution in [0.5, 0.6) is 0 Å². The van der Waals surface area contributed by atoms with Gasteiger partial charge in [0.1, 0.15) is 0 Å². The first-order valence-corrected chi connectivity index (χ1v) is 11.9. The summed E-state index contributed by atoms with van der Waals surface area (Å²) in [5, 5.41) is 1.50. The second-order valence-electron chi connectivity index (χ2n) is 6.40. The van der Waals surface area contributed by atoms with Gasteiger partial charge in [0.05, 0.1) is 0 Å². The van der Waals surface area contributed by atoms with Crippen LogP contribution in [0.15, 0.2) is 17.3 Å². The molecule has 1 aromatic carbocycles. The van der Waals surface area contributed by atoms with Gasteiger partial charge < -0.3 is 24.8 Å². The molecule has 24 heavy (non-hydrogen) atoms. The Labute approximate surface area is 175 Å². The van der Waals surface area contributed by atoms with Gasteiger partial charge in [0.25, 0.3) is 0 Å². The van der Waals surface area contributed by atoms with Gasteiger partial charge in [-0.05, 0) is 0 Å². The van der Waals surface area contributed by atoms with E-state index in [1.54, 1.807) is 0 Å². The van der Waals surface area contributed by atoms with E-state index >= 15 is 0 Å². The minimum absolute atomic E-state index is 0. The maximum absolute atomic E-state index is 12.6. The number of rotatable bonds is 3. The molecule has 0 atom stereocenters. The molecule has 0 fully saturated rings. The molecule has 129 valence electrons. The summed E-state index contributed by atoms with van der Waals surface area (Å²) in [4.78, 5) is 12.6. The first kappa shape index (κ1) is 23.9. The second-order valence-corrected chi connectivity index (χ2v) is 9.95. The number of allylic oxidation sites excluding steroid dienone is 4. The van der Waals surface area contributed by atoms with Crippen molar-refractivity contribution in [3.05, 3.63) is 50.7 Å². The van der Waals surface area contributed by atoms with Gasteiger partial charge >= 0.3 is 151 Å². The monoisotopic (exact) mass is 458 g/mol. The van der Waals surface area contributed by atoms with E-state index < -0.39 is 8.80 Å². The molecule has 2 rings (SSSR count). The molecule has 0 aliphatic heterocycles. The number of nitrogens with one attached hydrogen (secondary N) is 1. The third-order valence-electron chi connectivity index (χ3n) is 4.92. The van der Waals surface area contributed by atoms with E-state index in [0.717, 1.165) is 42.6 Å². The Balaban J connectivity index is 0.00000264. The van der Waals surface area contributed by atoms with E-state index in [0.29, 0.717) is 0 Å². The molecule has 6 heteroatoms. The van der Waals surface area contributed by atoms with E-state index in [9.17, 15) is 4.79 Å². The van der Waals surface area contributed by atoms with Gasteiger partial charge in [0.2, 0.25) is 0 Å². The van der Waals surface area contributed by atoms with Crippen LogP contribution in [0.25, 0.3) is 5.57 Å². The zero-order valence-corrected chi connectivity index (χ0v) is 20.2. The van der Waals surface area contributed by atoms with Gasteiger partial charge in [-0.25, -0.2) is 0 Å². The molecular formula is C18H24Cl2NOSiZr. The van der Waals surface area contributed by atoms with Gasteiger partial charge in [-0.3, -0.25) is 0 Å². The third kappa shape index (κ3) is 4.15. The first-order valence-electron chi connectivity index (χ1n) is 7.78. The maximum Gasteiger partial charge on any atom is -1.00 e. The first-order chi connectivity index (χ1) is 10.3. The molecule has 0 bridgehead atoms. The van der Waals surface area contributed by atoms with Crippen molar-refractivity contribution in [2.75, 3.05) is 0 Å². The summed E-state index contributed by atoms with van der Waals surface area (Å²) in [6.07, 6.45) is 5.50. The Morgan fingerprint density at radius 3 is 2.08 bits per heavy atom. The van der Waals surface area contributed by atoms with Gasteiger partial charge in [0.15, 0.2) is 0 Å². The van der Waals surface area contributed by atoms with Gasteiger partial charge in [-0.2, -0.15) is 0 Å². The molecule has 0 saturated heterocycles. The van der Waals surface area contributed by atoms with Crippen molar-refractivity contribution in [3.8, 4) is 0 Å². The Bertz CT molecular complexity index is 712. The maximum atomic E-state index is 12.6. The smallest absolute Gasteiger partial charge is 1.00 e. The Morgan fingerprint density at radius 2 is 1.58 bits per heavy atom. The average Bonchev–Trinajstić information content (AvgIpc) is 2.97. The fourth-order valence-electron chi connectivity index (χ4n) is 3.35. The Kier molecular flexibility index (Phi) is 9.46. The van der Waals surface area contributed by atoms with E-state index in [1.165, 1.54) is 33.0 Å². The molecule has 0 aromatic heterocycles. The van der Waals surface area contributed by atoms with E-state index in [1.807, 2.05) is 0 Å². The number of amides is 1. The summed E-state index contributed by atoms with van der Waals surface area (Å²) in [7, 11) is -0.909. The molecule has 2 nitrogen and oxygen atoms in total. The summed E-state index contributed by atoms with van der Waals surface area (Å²) in [5.74, 6) is 0.0704. The molecule has 0 radical (unpaired) electrons. The van der Waals surface area contributed by atoms with Crippen LogP contribution < -0.4 is 28.1 Å². The van der Waals surface area contributed by atoms with Crippen molar-refractivity contribution in [2.24, 2.45) is 0 Å². The molecule has 0 heterocycles. The molecule has 0 saturated carbocycles. The summed E-state index contributed by atoms with van der Waals surface area (Å²) >= 11 is 1.05. The summed E-state index contributed by atoms with van der Waals surface area (Å²) in [6, 6.07) is 0. The SMILES string of the molecule is Cc1c(C)c(C)c(C2=C([SiH](C)C)C=CC2)c(C(=O)[NH][Zr+2])c1C.[Cl-].[Cl-]. The molecular weight excluding hydrogens is 436 g/mol. The van der Waals surface area contributed by atoms with Crippen LogP contribution in [-0.2, 0) is 25.0 Å². The molecule has 0 unspecified atom stereocenters. The van der Waals surface area contributed by atoms with Crippen molar-refractivity contribution in [1.29, 1.82) is 0 Å². The molecule has 1 aliphatic rings. The molecule has 1 aromatic rings. The Morgan fingerprint density at radius 1 is 1.04 bits per heavy atom. The standard InChI is InChI=1S/C18H25NOSi.2ClH.Zr/c1-10-11(2)13(4)17(18(19)20)16(12(10)3)14-8-7-9-15(14)21(5)6;;;/h7,9,21H,8H2,1-6H3,(H2,19,20);2*1H;/q;;;+3/p-3. The van der Waals surface area contributed by atoms with Crippen molar-refractivity contribution in [1.82, 2.24) is 3.26 Å². The molecule has 1 aliphatic carbocycles. The average molecular weight is 461 g/mol. The van der Waals surface area contributed by atoms with Gasteiger partial charge in [-0.1, -0.05) is 0 Å². The molecule has 1 amide bonds. The van der Waals surface area contributed by atoms with Crippen LogP contribution in [0.2, 0.25) is 13.1 Å². The van der Waals surface area contributed by atoms with Crippen molar-refractivity contribution >= 4 is 20.3 Å². The topological polar surface area (TPSA) is 29.1 Å². The van der Waals surface area contributed by atoms with E-state index in [2.05, 4.69) is 56.2 Å². The van der Waals surface area contributed by atoms with Crippen molar-refractivity contribution < 1.29 is 54.6 Å². The number of benzene rings is 1. The third-order valence-corrected chi connectivity index (χ3v) is 7.26. The van der Waals surface area contributed by atoms with Crippen molar-refractivity contribution in [2.45, 2.75) is 47.2 Å². The van der Waals surface area contributed by atoms with E-state index in [-0.39, 0.29) is 30.7 Å². The van der Waals surface area contributed by atoms with Gasteiger partial charge in [0, 0.05) is 0 Å². The fourth-order valence-corrected chi connectivity index (χ4v) is 5.13. The quantitative estimate of drug-likeness (QED) is 0.513. The number of hydrogen-bond acceptors (Lipinski definition) is 1. The zero-order valence-electron chi connectivity index (χ0n) is 15.1. The normalized spacial score (nSPS) is 13.0. The number of carbonyl (C=O) groups is 1. The van der Waals surface area contributed by atoms with Crippen LogP contribution in [0.3, 0.4) is 0 Å². The predicted molar refractivity (Wildman–Crippen MR) is 92.4 cm³/mol. The summed E-state index contributed by atoms with van der Waals surface area (Å²) in [5.41, 5.74) is 8.43. The summed E-state index contributed by atoms with van der Waals surface area (Å²) in [6.45, 7) is 13.3. The van der Waals surface area contributed by atoms with Crippen LogP contribution in [0.1, 0.15) is 44.6 Å². The minimum Gasteiger partial charge on any atom is -1.00 e. The zero-order chi connectivity index (χ0) is 16.6.